The molecule has 57 valence electrons. The number of amidine groups is 1. The van der Waals surface area contributed by atoms with E-state index in [0.717, 1.165) is 0 Å². The Balaban J connectivity index is 2.91. The van der Waals surface area contributed by atoms with Crippen LogP contribution in [0.3, 0.4) is 0 Å². The molecule has 1 aromatic rings. The van der Waals surface area contributed by atoms with Gasteiger partial charge in [0.2, 0.25) is 0 Å². The Morgan fingerprint density at radius 2 is 2.36 bits per heavy atom. The second kappa shape index (κ2) is 3.05. The summed E-state index contributed by atoms with van der Waals surface area (Å²) in [5, 5.41) is 7.08. The van der Waals surface area contributed by atoms with Crippen LogP contribution in [0.4, 0.5) is 0 Å². The number of nitrogen functional groups attached to an aromatic ring is 1. The third kappa shape index (κ3) is 1.70. The summed E-state index contributed by atoms with van der Waals surface area (Å²) in [5.41, 5.74) is 5.89. The second-order valence-corrected chi connectivity index (χ2v) is 2.06. The van der Waals surface area contributed by atoms with Gasteiger partial charge in [0.25, 0.3) is 0 Å². The lowest BCUT2D eigenvalue weighted by atomic mass is 10.2. The molecule has 0 heterocycles. The summed E-state index contributed by atoms with van der Waals surface area (Å²) in [6.45, 7) is 0. The number of hydrogen-bond donors (Lipinski definition) is 2. The highest BCUT2D eigenvalue weighted by atomic mass is 16.5. The number of nitrogens with two attached hydrogens (primary N) is 1. The van der Waals surface area contributed by atoms with Gasteiger partial charge < -0.3 is 10.5 Å². The fourth-order valence-corrected chi connectivity index (χ4v) is 0.705. The predicted molar refractivity (Wildman–Crippen MR) is 42.8 cm³/mol. The zero-order chi connectivity index (χ0) is 8.27. The summed E-state index contributed by atoms with van der Waals surface area (Å²) < 4.78 is 4.88. The largest absolute Gasteiger partial charge is 0.496 e. The number of benzene rings is 1. The predicted octanol–water partition coefficient (Wildman–Crippen LogP) is 0.779. The van der Waals surface area contributed by atoms with Crippen LogP contribution in [0.2, 0.25) is 0 Å². The first-order valence-corrected chi connectivity index (χ1v) is 3.14. The fourth-order valence-electron chi connectivity index (χ4n) is 0.705. The van der Waals surface area contributed by atoms with Gasteiger partial charge in [0.1, 0.15) is 11.6 Å². The Kier molecular flexibility index (Phi) is 2.11. The maximum absolute atomic E-state index is 7.08. The van der Waals surface area contributed by atoms with E-state index < -0.39 is 0 Å². The highest BCUT2D eigenvalue weighted by Crippen LogP contribution is 2.09. The van der Waals surface area contributed by atoms with Crippen LogP contribution in [0.25, 0.3) is 0 Å². The molecule has 0 bridgehead atoms. The summed E-state index contributed by atoms with van der Waals surface area (Å²) in [4.78, 5) is 0. The van der Waals surface area contributed by atoms with E-state index in [0.29, 0.717) is 11.3 Å². The molecule has 0 aliphatic heterocycles. The van der Waals surface area contributed by atoms with Crippen LogP contribution in [-0.4, -0.2) is 12.9 Å². The molecular formula is C8H9N2O. The molecule has 0 amide bonds. The van der Waals surface area contributed by atoms with Gasteiger partial charge in [-0.15, -0.1) is 0 Å². The second-order valence-electron chi connectivity index (χ2n) is 2.06. The molecule has 0 unspecified atom stereocenters. The van der Waals surface area contributed by atoms with E-state index in [4.69, 9.17) is 15.9 Å². The molecule has 0 fully saturated rings. The number of hydrogen-bond acceptors (Lipinski definition) is 2. The molecule has 0 aliphatic carbocycles. The summed E-state index contributed by atoms with van der Waals surface area (Å²) in [6.07, 6.45) is 0. The van der Waals surface area contributed by atoms with Crippen LogP contribution in [0.15, 0.2) is 18.2 Å². The first-order valence-electron chi connectivity index (χ1n) is 3.14. The third-order valence-corrected chi connectivity index (χ3v) is 1.32. The fraction of sp³-hybridized carbons (Fsp3) is 0.125. The van der Waals surface area contributed by atoms with Gasteiger partial charge in [0.05, 0.1) is 7.11 Å². The zero-order valence-corrected chi connectivity index (χ0v) is 6.22. The lowest BCUT2D eigenvalue weighted by Gasteiger charge is -1.99. The first-order chi connectivity index (χ1) is 5.24. The smallest absolute Gasteiger partial charge is 0.126 e. The van der Waals surface area contributed by atoms with Gasteiger partial charge in [-0.3, -0.25) is 5.41 Å². The minimum Gasteiger partial charge on any atom is -0.496 e. The molecule has 0 aromatic heterocycles. The Labute approximate surface area is 65.3 Å². The molecule has 3 N–H and O–H groups in total. The monoisotopic (exact) mass is 149 g/mol. The van der Waals surface area contributed by atoms with Crippen LogP contribution in [0, 0.1) is 11.5 Å². The number of methoxy groups -OCH3 is 1. The van der Waals surface area contributed by atoms with Gasteiger partial charge in [-0.25, -0.2) is 0 Å². The van der Waals surface area contributed by atoms with Crippen molar-refractivity contribution < 1.29 is 4.74 Å². The minimum atomic E-state index is 0.0453. The van der Waals surface area contributed by atoms with Crippen LogP contribution in [0.5, 0.6) is 5.75 Å². The van der Waals surface area contributed by atoms with Crippen molar-refractivity contribution >= 4 is 5.84 Å². The number of nitrogens with one attached hydrogen (secondary N) is 1. The van der Waals surface area contributed by atoms with Crippen molar-refractivity contribution in [3.8, 4) is 5.75 Å². The molecule has 0 atom stereocenters. The highest BCUT2D eigenvalue weighted by molar-refractivity contribution is 5.94. The summed E-state index contributed by atoms with van der Waals surface area (Å²) in [7, 11) is 1.57. The molecular weight excluding hydrogens is 140 g/mol. The van der Waals surface area contributed by atoms with Gasteiger partial charge in [-0.05, 0) is 18.2 Å². The summed E-state index contributed by atoms with van der Waals surface area (Å²) in [5.74, 6) is 0.693. The van der Waals surface area contributed by atoms with Gasteiger partial charge >= 0.3 is 0 Å². The van der Waals surface area contributed by atoms with E-state index in [1.54, 1.807) is 25.3 Å². The topological polar surface area (TPSA) is 59.1 Å². The lowest BCUT2D eigenvalue weighted by Crippen LogP contribution is -2.10. The average molecular weight is 149 g/mol. The molecule has 0 spiro atoms. The molecule has 11 heavy (non-hydrogen) atoms. The van der Waals surface area contributed by atoms with Crippen molar-refractivity contribution in [3.63, 3.8) is 0 Å². The lowest BCUT2D eigenvalue weighted by molar-refractivity contribution is 0.414. The summed E-state index contributed by atoms with van der Waals surface area (Å²) >= 11 is 0. The molecule has 1 rings (SSSR count). The van der Waals surface area contributed by atoms with Crippen molar-refractivity contribution in [1.29, 1.82) is 5.41 Å². The molecule has 0 saturated carbocycles. The van der Waals surface area contributed by atoms with Gasteiger partial charge in [-0.2, -0.15) is 0 Å². The molecule has 0 aliphatic rings. The van der Waals surface area contributed by atoms with Gasteiger partial charge in [0, 0.05) is 11.6 Å². The number of ether oxygens (including phenoxy) is 1. The van der Waals surface area contributed by atoms with Crippen LogP contribution in [0.1, 0.15) is 5.56 Å². The van der Waals surface area contributed by atoms with E-state index >= 15 is 0 Å². The quantitative estimate of drug-likeness (QED) is 0.482. The maximum atomic E-state index is 7.08. The number of rotatable bonds is 2. The summed E-state index contributed by atoms with van der Waals surface area (Å²) in [6, 6.07) is 7.89. The van der Waals surface area contributed by atoms with E-state index in [2.05, 4.69) is 6.07 Å². The molecule has 3 nitrogen and oxygen atoms in total. The molecule has 3 heteroatoms. The zero-order valence-electron chi connectivity index (χ0n) is 6.22. The van der Waals surface area contributed by atoms with Crippen molar-refractivity contribution in [2.45, 2.75) is 0 Å². The standard InChI is InChI=1S/C8H9N2O/c1-11-7-4-2-6(3-5-7)8(9)10/h2-4H,1H3,(H3,9,10). The van der Waals surface area contributed by atoms with E-state index in [1.165, 1.54) is 0 Å². The molecule has 1 radical (unpaired) electrons. The van der Waals surface area contributed by atoms with Crippen LogP contribution >= 0.6 is 0 Å². The third-order valence-electron chi connectivity index (χ3n) is 1.32. The van der Waals surface area contributed by atoms with Crippen molar-refractivity contribution in [2.75, 3.05) is 7.11 Å². The normalized spacial score (nSPS) is 9.18. The van der Waals surface area contributed by atoms with Crippen molar-refractivity contribution in [1.82, 2.24) is 0 Å². The van der Waals surface area contributed by atoms with E-state index in [-0.39, 0.29) is 5.84 Å². The van der Waals surface area contributed by atoms with Crippen molar-refractivity contribution in [3.05, 3.63) is 29.8 Å². The highest BCUT2D eigenvalue weighted by Gasteiger charge is 1.95. The Hall–Kier alpha value is -1.51. The van der Waals surface area contributed by atoms with E-state index in [1.807, 2.05) is 0 Å². The van der Waals surface area contributed by atoms with Crippen LogP contribution in [-0.2, 0) is 0 Å². The Bertz CT molecular complexity index is 253. The SMILES string of the molecule is COc1[c]cc(C(=N)N)cc1. The first kappa shape index (κ1) is 7.60. The van der Waals surface area contributed by atoms with Gasteiger partial charge in [0.15, 0.2) is 0 Å². The Morgan fingerprint density at radius 1 is 1.64 bits per heavy atom. The van der Waals surface area contributed by atoms with E-state index in [9.17, 15) is 0 Å². The van der Waals surface area contributed by atoms with Gasteiger partial charge in [-0.1, -0.05) is 0 Å². The minimum absolute atomic E-state index is 0.0453. The average Bonchev–Trinajstić information content (AvgIpc) is 2.05. The maximum Gasteiger partial charge on any atom is 0.126 e. The Morgan fingerprint density at radius 3 is 2.73 bits per heavy atom. The molecule has 1 aromatic carbocycles. The van der Waals surface area contributed by atoms with Crippen molar-refractivity contribution in [2.24, 2.45) is 5.73 Å². The van der Waals surface area contributed by atoms with Crippen LogP contribution < -0.4 is 10.5 Å². The molecule has 0 saturated heterocycles.